The van der Waals surface area contributed by atoms with E-state index in [-0.39, 0.29) is 18.6 Å². The van der Waals surface area contributed by atoms with E-state index in [4.69, 9.17) is 9.72 Å². The van der Waals surface area contributed by atoms with Crippen LogP contribution in [0.3, 0.4) is 0 Å². The topological polar surface area (TPSA) is 69.0 Å². The maximum Gasteiger partial charge on any atom is 0.240 e. The minimum atomic E-state index is -0.0382. The molecule has 4 rings (SSSR count). The molecule has 2 aromatic heterocycles. The third-order valence-corrected chi connectivity index (χ3v) is 4.43. The second kappa shape index (κ2) is 7.03. The van der Waals surface area contributed by atoms with Crippen molar-refractivity contribution < 1.29 is 9.53 Å². The molecule has 128 valence electrons. The molecule has 0 aliphatic carbocycles. The Morgan fingerprint density at radius 3 is 3.00 bits per heavy atom. The zero-order valence-corrected chi connectivity index (χ0v) is 13.9. The highest BCUT2D eigenvalue weighted by molar-refractivity contribution is 5.84. The van der Waals surface area contributed by atoms with Crippen LogP contribution in [0.1, 0.15) is 12.8 Å². The Hall–Kier alpha value is -2.73. The van der Waals surface area contributed by atoms with Crippen LogP contribution in [0.4, 0.5) is 0 Å². The number of ether oxygens (including phenoxy) is 1. The van der Waals surface area contributed by atoms with E-state index in [9.17, 15) is 4.79 Å². The van der Waals surface area contributed by atoms with Gasteiger partial charge in [-0.15, -0.1) is 0 Å². The van der Waals surface area contributed by atoms with Gasteiger partial charge in [-0.3, -0.25) is 9.78 Å². The minimum Gasteiger partial charge on any atom is -0.376 e. The molecule has 1 aliphatic heterocycles. The highest BCUT2D eigenvalue weighted by Crippen LogP contribution is 2.24. The Morgan fingerprint density at radius 2 is 2.20 bits per heavy atom. The van der Waals surface area contributed by atoms with Crippen molar-refractivity contribution in [2.75, 3.05) is 13.2 Å². The number of nitrogens with one attached hydrogen (secondary N) is 1. The Morgan fingerprint density at radius 1 is 1.28 bits per heavy atom. The summed E-state index contributed by atoms with van der Waals surface area (Å²) in [4.78, 5) is 21.3. The fourth-order valence-electron chi connectivity index (χ4n) is 3.18. The number of para-hydroxylation sites is 2. The lowest BCUT2D eigenvalue weighted by atomic mass is 10.2. The molecule has 0 spiro atoms. The normalized spacial score (nSPS) is 17.0. The van der Waals surface area contributed by atoms with Gasteiger partial charge in [0.2, 0.25) is 5.91 Å². The van der Waals surface area contributed by atoms with Crippen LogP contribution < -0.4 is 5.32 Å². The largest absolute Gasteiger partial charge is 0.376 e. The summed E-state index contributed by atoms with van der Waals surface area (Å²) in [6.45, 7) is 1.57. The lowest BCUT2D eigenvalue weighted by Crippen LogP contribution is -2.34. The Labute approximate surface area is 145 Å². The number of amides is 1. The number of nitrogens with zero attached hydrogens (tertiary/aromatic N) is 3. The summed E-state index contributed by atoms with van der Waals surface area (Å²) in [7, 11) is 0. The van der Waals surface area contributed by atoms with Crippen molar-refractivity contribution in [1.82, 2.24) is 19.9 Å². The molecule has 3 aromatic rings. The van der Waals surface area contributed by atoms with Crippen molar-refractivity contribution in [3.8, 4) is 11.4 Å². The molecule has 0 unspecified atom stereocenters. The van der Waals surface area contributed by atoms with Crippen LogP contribution >= 0.6 is 0 Å². The first-order chi connectivity index (χ1) is 12.3. The summed E-state index contributed by atoms with van der Waals surface area (Å²) in [6, 6.07) is 11.7. The number of fused-ring (bicyclic) bond motifs is 1. The van der Waals surface area contributed by atoms with Gasteiger partial charge in [-0.2, -0.15) is 0 Å². The van der Waals surface area contributed by atoms with Crippen LogP contribution in [-0.2, 0) is 16.1 Å². The van der Waals surface area contributed by atoms with E-state index in [1.54, 1.807) is 12.4 Å². The van der Waals surface area contributed by atoms with Gasteiger partial charge in [0.1, 0.15) is 12.4 Å². The molecule has 3 heterocycles. The average Bonchev–Trinajstić information content (AvgIpc) is 3.29. The molecular weight excluding hydrogens is 316 g/mol. The van der Waals surface area contributed by atoms with Gasteiger partial charge in [0.15, 0.2) is 0 Å². The summed E-state index contributed by atoms with van der Waals surface area (Å²) in [5.74, 6) is 0.713. The standard InChI is InChI=1S/C19H20N4O2/c24-18(21-12-15-6-4-10-25-15)13-23-17-8-2-1-7-16(17)22-19(23)14-5-3-9-20-11-14/h1-3,5,7-9,11,15H,4,6,10,12-13H2,(H,21,24)/t15-/m0/s1. The second-order valence-electron chi connectivity index (χ2n) is 6.19. The van der Waals surface area contributed by atoms with Gasteiger partial charge < -0.3 is 14.6 Å². The molecular formula is C19H20N4O2. The molecule has 0 bridgehead atoms. The average molecular weight is 336 g/mol. The van der Waals surface area contributed by atoms with Crippen LogP contribution in [0.15, 0.2) is 48.8 Å². The van der Waals surface area contributed by atoms with E-state index in [2.05, 4.69) is 10.3 Å². The van der Waals surface area contributed by atoms with Crippen LogP contribution in [0, 0.1) is 0 Å². The highest BCUT2D eigenvalue weighted by atomic mass is 16.5. The first-order valence-corrected chi connectivity index (χ1v) is 8.55. The number of pyridine rings is 1. The number of rotatable bonds is 5. The van der Waals surface area contributed by atoms with Crippen molar-refractivity contribution in [3.05, 3.63) is 48.8 Å². The van der Waals surface area contributed by atoms with Gasteiger partial charge in [-0.25, -0.2) is 4.98 Å². The van der Waals surface area contributed by atoms with Crippen LogP contribution in [0.25, 0.3) is 22.4 Å². The minimum absolute atomic E-state index is 0.0382. The summed E-state index contributed by atoms with van der Waals surface area (Å²) >= 11 is 0. The molecule has 1 atom stereocenters. The molecule has 1 saturated heterocycles. The number of hydrogen-bond donors (Lipinski definition) is 1. The van der Waals surface area contributed by atoms with E-state index in [0.29, 0.717) is 6.54 Å². The third kappa shape index (κ3) is 3.39. The number of hydrogen-bond acceptors (Lipinski definition) is 4. The van der Waals surface area contributed by atoms with E-state index in [1.165, 1.54) is 0 Å². The third-order valence-electron chi connectivity index (χ3n) is 4.43. The smallest absolute Gasteiger partial charge is 0.240 e. The monoisotopic (exact) mass is 336 g/mol. The molecule has 6 nitrogen and oxygen atoms in total. The molecule has 0 radical (unpaired) electrons. The summed E-state index contributed by atoms with van der Waals surface area (Å²) in [6.07, 6.45) is 5.71. The Kier molecular flexibility index (Phi) is 4.43. The Bertz CT molecular complexity index is 870. The Balaban J connectivity index is 1.60. The first kappa shape index (κ1) is 15.8. The molecule has 1 N–H and O–H groups in total. The fraction of sp³-hybridized carbons (Fsp3) is 0.316. The van der Waals surface area contributed by atoms with E-state index in [1.807, 2.05) is 41.0 Å². The van der Waals surface area contributed by atoms with Gasteiger partial charge in [0.25, 0.3) is 0 Å². The van der Waals surface area contributed by atoms with Gasteiger partial charge in [-0.05, 0) is 37.1 Å². The van der Waals surface area contributed by atoms with Crippen molar-refractivity contribution in [3.63, 3.8) is 0 Å². The highest BCUT2D eigenvalue weighted by Gasteiger charge is 2.18. The SMILES string of the molecule is O=C(Cn1c(-c2cccnc2)nc2ccccc21)NC[C@@H]1CCCO1. The summed E-state index contributed by atoms with van der Waals surface area (Å²) in [5, 5.41) is 2.98. The van der Waals surface area contributed by atoms with Gasteiger partial charge in [0.05, 0.1) is 17.1 Å². The lowest BCUT2D eigenvalue weighted by Gasteiger charge is -2.13. The zero-order chi connectivity index (χ0) is 17.1. The summed E-state index contributed by atoms with van der Waals surface area (Å²) < 4.78 is 7.50. The molecule has 25 heavy (non-hydrogen) atoms. The molecule has 1 aliphatic rings. The van der Waals surface area contributed by atoms with Gasteiger partial charge >= 0.3 is 0 Å². The van der Waals surface area contributed by atoms with Crippen LogP contribution in [0.5, 0.6) is 0 Å². The van der Waals surface area contributed by atoms with Crippen molar-refractivity contribution in [2.45, 2.75) is 25.5 Å². The number of benzene rings is 1. The maximum absolute atomic E-state index is 12.5. The zero-order valence-electron chi connectivity index (χ0n) is 13.9. The molecule has 6 heteroatoms. The quantitative estimate of drug-likeness (QED) is 0.777. The molecule has 1 aromatic carbocycles. The summed E-state index contributed by atoms with van der Waals surface area (Å²) in [5.41, 5.74) is 2.70. The van der Waals surface area contributed by atoms with Crippen LogP contribution in [-0.4, -0.2) is 39.7 Å². The van der Waals surface area contributed by atoms with Crippen molar-refractivity contribution >= 4 is 16.9 Å². The second-order valence-corrected chi connectivity index (χ2v) is 6.19. The molecule has 0 saturated carbocycles. The van der Waals surface area contributed by atoms with Crippen molar-refractivity contribution in [2.24, 2.45) is 0 Å². The molecule has 1 amide bonds. The van der Waals surface area contributed by atoms with E-state index in [0.717, 1.165) is 41.9 Å². The predicted octanol–water partition coefficient (Wildman–Crippen LogP) is 2.39. The van der Waals surface area contributed by atoms with Gasteiger partial charge in [-0.1, -0.05) is 12.1 Å². The fourth-order valence-corrected chi connectivity index (χ4v) is 3.18. The predicted molar refractivity (Wildman–Crippen MR) is 94.9 cm³/mol. The number of aromatic nitrogens is 3. The lowest BCUT2D eigenvalue weighted by molar-refractivity contribution is -0.122. The maximum atomic E-state index is 12.5. The van der Waals surface area contributed by atoms with Crippen LogP contribution in [0.2, 0.25) is 0 Å². The number of imidazole rings is 1. The van der Waals surface area contributed by atoms with Crippen molar-refractivity contribution in [1.29, 1.82) is 0 Å². The number of carbonyl (C=O) groups is 1. The van der Waals surface area contributed by atoms with E-state index < -0.39 is 0 Å². The van der Waals surface area contributed by atoms with E-state index >= 15 is 0 Å². The first-order valence-electron chi connectivity index (χ1n) is 8.55. The number of carbonyl (C=O) groups excluding carboxylic acids is 1. The van der Waals surface area contributed by atoms with Gasteiger partial charge in [0, 0.05) is 31.1 Å². The molecule has 1 fully saturated rings.